The number of phenols is 1. The molecule has 1 aliphatic heterocycles. The molecular weight excluding hydrogens is 380 g/mol. The van der Waals surface area contributed by atoms with Crippen molar-refractivity contribution in [3.8, 4) is 5.75 Å². The van der Waals surface area contributed by atoms with Crippen LogP contribution in [0.5, 0.6) is 5.75 Å². The number of nitrogens with zero attached hydrogens (tertiary/aromatic N) is 1. The molecule has 30 heavy (non-hydrogen) atoms. The highest BCUT2D eigenvalue weighted by Crippen LogP contribution is 2.33. The summed E-state index contributed by atoms with van der Waals surface area (Å²) >= 11 is 0. The molecule has 7 heteroatoms. The molecular formula is C23H28N4O3. The van der Waals surface area contributed by atoms with Crippen LogP contribution in [0.15, 0.2) is 66.9 Å². The molecule has 0 saturated carbocycles. The molecule has 4 N–H and O–H groups in total. The average molecular weight is 409 g/mol. The first kappa shape index (κ1) is 21.4. The Hall–Kier alpha value is -3.32. The second-order valence-electron chi connectivity index (χ2n) is 7.77. The van der Waals surface area contributed by atoms with E-state index >= 15 is 0 Å². The second-order valence-corrected chi connectivity index (χ2v) is 7.77. The van der Waals surface area contributed by atoms with Crippen molar-refractivity contribution < 1.29 is 14.7 Å². The molecule has 2 aromatic rings. The van der Waals surface area contributed by atoms with Gasteiger partial charge in [0.25, 0.3) is 5.91 Å². The van der Waals surface area contributed by atoms with Crippen molar-refractivity contribution in [3.63, 3.8) is 0 Å². The highest BCUT2D eigenvalue weighted by Gasteiger charge is 2.49. The quantitative estimate of drug-likeness (QED) is 0.397. The number of piperazine rings is 1. The van der Waals surface area contributed by atoms with Gasteiger partial charge in [0.15, 0.2) is 0 Å². The van der Waals surface area contributed by atoms with E-state index in [1.165, 1.54) is 17.0 Å². The predicted octanol–water partition coefficient (Wildman–Crippen LogP) is 2.24. The molecule has 0 aromatic heterocycles. The lowest BCUT2D eigenvalue weighted by atomic mass is 9.87. The number of phenolic OH excluding ortho intramolecular Hbond substituents is 1. The van der Waals surface area contributed by atoms with Gasteiger partial charge in [-0.05, 0) is 38.0 Å². The maximum atomic E-state index is 13.5. The number of carbonyl (C=O) groups is 2. The van der Waals surface area contributed by atoms with Gasteiger partial charge in [0.1, 0.15) is 17.3 Å². The minimum atomic E-state index is -1.12. The van der Waals surface area contributed by atoms with Crippen molar-refractivity contribution in [2.24, 2.45) is 0 Å². The molecule has 1 fully saturated rings. The van der Waals surface area contributed by atoms with Crippen molar-refractivity contribution in [2.75, 3.05) is 11.4 Å². The number of carbonyl (C=O) groups excluding carboxylic acids is 2. The summed E-state index contributed by atoms with van der Waals surface area (Å²) < 4.78 is 0. The maximum Gasteiger partial charge on any atom is 0.250 e. The second kappa shape index (κ2) is 9.00. The summed E-state index contributed by atoms with van der Waals surface area (Å²) in [6.07, 6.45) is 0.755. The molecule has 0 aliphatic carbocycles. The van der Waals surface area contributed by atoms with Gasteiger partial charge < -0.3 is 15.8 Å². The number of amides is 2. The Morgan fingerprint density at radius 2 is 1.93 bits per heavy atom. The number of hydrazine groups is 1. The van der Waals surface area contributed by atoms with Crippen molar-refractivity contribution >= 4 is 17.5 Å². The number of rotatable bonds is 8. The Kier molecular flexibility index (Phi) is 6.42. The number of hydrogen-bond donors (Lipinski definition) is 4. The molecule has 0 spiro atoms. The molecule has 0 radical (unpaired) electrons. The topological polar surface area (TPSA) is 93.7 Å². The molecule has 3 rings (SSSR count). The Morgan fingerprint density at radius 1 is 1.20 bits per heavy atom. The molecule has 2 unspecified atom stereocenters. The van der Waals surface area contributed by atoms with Crippen LogP contribution in [0.3, 0.4) is 0 Å². The first-order chi connectivity index (χ1) is 14.3. The third-order valence-electron chi connectivity index (χ3n) is 5.22. The lowest BCUT2D eigenvalue weighted by Gasteiger charge is -2.46. The first-order valence-corrected chi connectivity index (χ1v) is 9.93. The van der Waals surface area contributed by atoms with Gasteiger partial charge >= 0.3 is 0 Å². The first-order valence-electron chi connectivity index (χ1n) is 9.93. The molecule has 2 atom stereocenters. The zero-order valence-electron chi connectivity index (χ0n) is 17.3. The summed E-state index contributed by atoms with van der Waals surface area (Å²) in [6, 6.07) is 15.3. The normalized spacial score (nSPS) is 21.3. The van der Waals surface area contributed by atoms with E-state index in [0.717, 1.165) is 11.3 Å². The third kappa shape index (κ3) is 4.63. The SMILES string of the molecule is C=C(C)NNCCC1(C)C(=O)NC(Cc2ccccc2)C(=O)N1c1cccc(O)c1. The average Bonchev–Trinajstić information content (AvgIpc) is 2.70. The van der Waals surface area contributed by atoms with Gasteiger partial charge in [-0.15, -0.1) is 0 Å². The monoisotopic (exact) mass is 408 g/mol. The van der Waals surface area contributed by atoms with E-state index in [0.29, 0.717) is 25.1 Å². The lowest BCUT2D eigenvalue weighted by molar-refractivity contribution is -0.137. The fraction of sp³-hybridized carbons (Fsp3) is 0.304. The van der Waals surface area contributed by atoms with Crippen molar-refractivity contribution in [1.29, 1.82) is 0 Å². The van der Waals surface area contributed by atoms with Gasteiger partial charge in [-0.3, -0.25) is 14.5 Å². The Balaban J connectivity index is 1.90. The number of allylic oxidation sites excluding steroid dienone is 1. The number of anilines is 1. The fourth-order valence-electron chi connectivity index (χ4n) is 3.65. The van der Waals surface area contributed by atoms with Crippen LogP contribution in [-0.2, 0) is 16.0 Å². The largest absolute Gasteiger partial charge is 0.508 e. The van der Waals surface area contributed by atoms with E-state index < -0.39 is 11.6 Å². The van der Waals surface area contributed by atoms with E-state index in [-0.39, 0.29) is 17.6 Å². The lowest BCUT2D eigenvalue weighted by Crippen LogP contribution is -2.71. The molecule has 1 saturated heterocycles. The fourth-order valence-corrected chi connectivity index (χ4v) is 3.65. The summed E-state index contributed by atoms with van der Waals surface area (Å²) in [6.45, 7) is 7.75. The molecule has 0 bridgehead atoms. The maximum absolute atomic E-state index is 13.5. The number of nitrogens with one attached hydrogen (secondary N) is 3. The van der Waals surface area contributed by atoms with Gasteiger partial charge in [0, 0.05) is 30.4 Å². The van der Waals surface area contributed by atoms with Crippen molar-refractivity contribution in [1.82, 2.24) is 16.2 Å². The zero-order valence-corrected chi connectivity index (χ0v) is 17.3. The van der Waals surface area contributed by atoms with Crippen LogP contribution in [0.4, 0.5) is 5.69 Å². The zero-order chi connectivity index (χ0) is 21.7. The van der Waals surface area contributed by atoms with Gasteiger partial charge in [-0.1, -0.05) is 43.0 Å². The Morgan fingerprint density at radius 3 is 2.60 bits per heavy atom. The summed E-state index contributed by atoms with van der Waals surface area (Å²) in [5, 5.41) is 12.9. The van der Waals surface area contributed by atoms with E-state index in [1.807, 2.05) is 37.3 Å². The minimum absolute atomic E-state index is 0.0373. The van der Waals surface area contributed by atoms with Crippen LogP contribution in [0.1, 0.15) is 25.8 Å². The summed E-state index contributed by atoms with van der Waals surface area (Å²) in [5.41, 5.74) is 7.00. The number of aromatic hydroxyl groups is 1. The molecule has 2 aromatic carbocycles. The highest BCUT2D eigenvalue weighted by molar-refractivity contribution is 6.10. The van der Waals surface area contributed by atoms with E-state index in [1.54, 1.807) is 19.1 Å². The predicted molar refractivity (Wildman–Crippen MR) is 117 cm³/mol. The molecule has 1 aliphatic rings. The van der Waals surface area contributed by atoms with E-state index in [2.05, 4.69) is 22.7 Å². The van der Waals surface area contributed by atoms with Crippen LogP contribution in [0, 0.1) is 0 Å². The number of hydrogen-bond acceptors (Lipinski definition) is 5. The van der Waals surface area contributed by atoms with Gasteiger partial charge in [0.05, 0.1) is 0 Å². The number of benzene rings is 2. The third-order valence-corrected chi connectivity index (χ3v) is 5.22. The Labute approximate surface area is 176 Å². The van der Waals surface area contributed by atoms with E-state index in [9.17, 15) is 14.7 Å². The summed E-state index contributed by atoms with van der Waals surface area (Å²) in [4.78, 5) is 28.3. The standard InChI is InChI=1S/C23H28N4O3/c1-16(2)26-24-13-12-23(3)22(30)25-20(14-17-8-5-4-6-9-17)21(29)27(23)18-10-7-11-19(28)15-18/h4-11,15,20,24,26,28H,1,12-14H2,2-3H3,(H,25,30). The highest BCUT2D eigenvalue weighted by atomic mass is 16.3. The molecule has 1 heterocycles. The van der Waals surface area contributed by atoms with Gasteiger partial charge in [0.2, 0.25) is 5.91 Å². The smallest absolute Gasteiger partial charge is 0.250 e. The molecule has 2 amide bonds. The van der Waals surface area contributed by atoms with Gasteiger partial charge in [-0.25, -0.2) is 5.43 Å². The van der Waals surface area contributed by atoms with Crippen molar-refractivity contribution in [2.45, 2.75) is 38.3 Å². The van der Waals surface area contributed by atoms with E-state index in [4.69, 9.17) is 0 Å². The van der Waals surface area contributed by atoms with Crippen LogP contribution >= 0.6 is 0 Å². The molecule has 7 nitrogen and oxygen atoms in total. The van der Waals surface area contributed by atoms with Crippen LogP contribution in [0.2, 0.25) is 0 Å². The van der Waals surface area contributed by atoms with Crippen molar-refractivity contribution in [3.05, 3.63) is 72.4 Å². The van der Waals surface area contributed by atoms with Gasteiger partial charge in [-0.2, -0.15) is 0 Å². The summed E-state index contributed by atoms with van der Waals surface area (Å²) in [7, 11) is 0. The van der Waals surface area contributed by atoms with Crippen LogP contribution in [0.25, 0.3) is 0 Å². The summed E-state index contributed by atoms with van der Waals surface area (Å²) in [5.74, 6) is -0.404. The van der Waals surface area contributed by atoms with Crippen LogP contribution < -0.4 is 21.1 Å². The molecule has 158 valence electrons. The Bertz CT molecular complexity index is 931. The minimum Gasteiger partial charge on any atom is -0.508 e. The van der Waals surface area contributed by atoms with Crippen LogP contribution in [-0.4, -0.2) is 35.0 Å².